The van der Waals surface area contributed by atoms with Gasteiger partial charge in [0, 0.05) is 30.6 Å². The second-order valence-corrected chi connectivity index (χ2v) is 7.54. The van der Waals surface area contributed by atoms with Crippen LogP contribution in [0.5, 0.6) is 0 Å². The number of nitrogens with one attached hydrogen (secondary N) is 1. The normalized spacial score (nSPS) is 11.5. The Hall–Kier alpha value is -2.31. The molecule has 3 aromatic rings. The van der Waals surface area contributed by atoms with E-state index in [0.29, 0.717) is 16.2 Å². The fraction of sp³-hybridized carbons (Fsp3) is 0.118. The molecule has 0 aliphatic carbocycles. The molecule has 1 aromatic heterocycles. The molecule has 0 spiro atoms. The molecule has 1 N–H and O–H groups in total. The molecule has 1 heterocycles. The molecule has 0 radical (unpaired) electrons. The van der Waals surface area contributed by atoms with Crippen molar-refractivity contribution >= 4 is 43.8 Å². The van der Waals surface area contributed by atoms with Gasteiger partial charge in [-0.05, 0) is 24.3 Å². The monoisotopic (exact) mass is 361 g/mol. The van der Waals surface area contributed by atoms with Crippen molar-refractivity contribution < 1.29 is 8.42 Å². The van der Waals surface area contributed by atoms with E-state index in [1.165, 1.54) is 12.3 Å². The van der Waals surface area contributed by atoms with Crippen molar-refractivity contribution in [3.63, 3.8) is 0 Å². The molecular weight excluding hydrogens is 346 g/mol. The van der Waals surface area contributed by atoms with Crippen LogP contribution in [-0.2, 0) is 10.0 Å². The Labute approximate surface area is 145 Å². The Balaban J connectivity index is 2.11. The van der Waals surface area contributed by atoms with Gasteiger partial charge >= 0.3 is 0 Å². The number of hydrogen-bond donors (Lipinski definition) is 1. The first-order valence-corrected chi connectivity index (χ1v) is 9.08. The number of benzene rings is 2. The average Bonchev–Trinajstić information content (AvgIpc) is 2.55. The van der Waals surface area contributed by atoms with Crippen LogP contribution in [0, 0.1) is 0 Å². The molecule has 2 aromatic carbocycles. The fourth-order valence-corrected chi connectivity index (χ4v) is 3.91. The van der Waals surface area contributed by atoms with Gasteiger partial charge in [-0.3, -0.25) is 4.72 Å². The van der Waals surface area contributed by atoms with E-state index < -0.39 is 10.0 Å². The fourth-order valence-electron chi connectivity index (χ4n) is 2.54. The summed E-state index contributed by atoms with van der Waals surface area (Å²) in [5.74, 6) is 0. The maximum absolute atomic E-state index is 12.8. The minimum Gasteiger partial charge on any atom is -0.377 e. The predicted octanol–water partition coefficient (Wildman–Crippen LogP) is 3.76. The molecule has 0 saturated carbocycles. The van der Waals surface area contributed by atoms with Crippen molar-refractivity contribution in [3.05, 3.63) is 59.9 Å². The minimum atomic E-state index is -3.75. The van der Waals surface area contributed by atoms with Crippen LogP contribution in [0.2, 0.25) is 5.15 Å². The first kappa shape index (κ1) is 16.5. The molecule has 124 valence electrons. The second-order valence-electron chi connectivity index (χ2n) is 5.50. The average molecular weight is 362 g/mol. The van der Waals surface area contributed by atoms with E-state index in [4.69, 9.17) is 11.6 Å². The van der Waals surface area contributed by atoms with Gasteiger partial charge in [-0.25, -0.2) is 13.4 Å². The zero-order valence-electron chi connectivity index (χ0n) is 13.2. The van der Waals surface area contributed by atoms with Gasteiger partial charge in [-0.1, -0.05) is 35.9 Å². The molecule has 0 bridgehead atoms. The number of fused-ring (bicyclic) bond motifs is 1. The Morgan fingerprint density at radius 2 is 1.71 bits per heavy atom. The molecule has 0 unspecified atom stereocenters. The highest BCUT2D eigenvalue weighted by Crippen LogP contribution is 2.31. The molecular formula is C17H16ClN3O2S. The van der Waals surface area contributed by atoms with Gasteiger partial charge < -0.3 is 4.90 Å². The third-order valence-corrected chi connectivity index (χ3v) is 5.27. The van der Waals surface area contributed by atoms with E-state index in [2.05, 4.69) is 9.71 Å². The summed E-state index contributed by atoms with van der Waals surface area (Å²) in [6.07, 6.45) is 1.39. The van der Waals surface area contributed by atoms with Gasteiger partial charge in [0.1, 0.15) is 5.15 Å². The third kappa shape index (κ3) is 3.16. The van der Waals surface area contributed by atoms with Crippen molar-refractivity contribution in [2.75, 3.05) is 23.7 Å². The number of hydrogen-bond acceptors (Lipinski definition) is 4. The summed E-state index contributed by atoms with van der Waals surface area (Å²) < 4.78 is 28.1. The van der Waals surface area contributed by atoms with Crippen molar-refractivity contribution in [2.45, 2.75) is 4.90 Å². The summed E-state index contributed by atoms with van der Waals surface area (Å²) in [5.41, 5.74) is 1.32. The topological polar surface area (TPSA) is 62.3 Å². The van der Waals surface area contributed by atoms with Crippen LogP contribution in [0.1, 0.15) is 0 Å². The molecule has 0 atom stereocenters. The number of pyridine rings is 1. The van der Waals surface area contributed by atoms with Gasteiger partial charge in [0.2, 0.25) is 0 Å². The molecule has 24 heavy (non-hydrogen) atoms. The number of sulfonamides is 1. The summed E-state index contributed by atoms with van der Waals surface area (Å²) in [7, 11) is 0.102. The SMILES string of the molecule is CN(C)c1cccc2c(S(=O)(=O)Nc3ccc(Cl)nc3)cccc12. The molecule has 0 aliphatic heterocycles. The third-order valence-electron chi connectivity index (χ3n) is 3.61. The Morgan fingerprint density at radius 3 is 2.38 bits per heavy atom. The van der Waals surface area contributed by atoms with Crippen molar-refractivity contribution in [2.24, 2.45) is 0 Å². The van der Waals surface area contributed by atoms with E-state index >= 15 is 0 Å². The number of rotatable bonds is 4. The van der Waals surface area contributed by atoms with Crippen LogP contribution >= 0.6 is 11.6 Å². The van der Waals surface area contributed by atoms with Gasteiger partial charge in [-0.15, -0.1) is 0 Å². The van der Waals surface area contributed by atoms with Gasteiger partial charge in [0.25, 0.3) is 10.0 Å². The Kier molecular flexibility index (Phi) is 4.34. The Bertz CT molecular complexity index is 986. The standard InChI is InChI=1S/C17H16ClN3O2S/c1-21(2)15-7-3-6-14-13(15)5-4-8-16(14)24(22,23)20-12-9-10-17(18)19-11-12/h3-11,20H,1-2H3. The first-order chi connectivity index (χ1) is 11.4. The number of anilines is 2. The summed E-state index contributed by atoms with van der Waals surface area (Å²) in [6, 6.07) is 14.0. The van der Waals surface area contributed by atoms with E-state index in [0.717, 1.165) is 11.1 Å². The highest BCUT2D eigenvalue weighted by Gasteiger charge is 2.18. The maximum Gasteiger partial charge on any atom is 0.262 e. The highest BCUT2D eigenvalue weighted by molar-refractivity contribution is 7.93. The smallest absolute Gasteiger partial charge is 0.262 e. The van der Waals surface area contributed by atoms with Crippen LogP contribution in [0.25, 0.3) is 10.8 Å². The molecule has 3 rings (SSSR count). The van der Waals surface area contributed by atoms with E-state index in [9.17, 15) is 8.42 Å². The van der Waals surface area contributed by atoms with Gasteiger partial charge in [-0.2, -0.15) is 0 Å². The largest absolute Gasteiger partial charge is 0.377 e. The number of nitrogens with zero attached hydrogens (tertiary/aromatic N) is 2. The van der Waals surface area contributed by atoms with Crippen LogP contribution in [0.15, 0.2) is 59.6 Å². The zero-order chi connectivity index (χ0) is 17.3. The van der Waals surface area contributed by atoms with Crippen molar-refractivity contribution in [3.8, 4) is 0 Å². The quantitative estimate of drug-likeness (QED) is 0.719. The lowest BCUT2D eigenvalue weighted by Crippen LogP contribution is -2.14. The van der Waals surface area contributed by atoms with E-state index in [1.54, 1.807) is 24.3 Å². The number of aromatic nitrogens is 1. The molecule has 0 fully saturated rings. The van der Waals surface area contributed by atoms with E-state index in [1.807, 2.05) is 37.2 Å². The molecule has 0 amide bonds. The minimum absolute atomic E-state index is 0.221. The second kappa shape index (κ2) is 6.30. The van der Waals surface area contributed by atoms with Crippen LogP contribution < -0.4 is 9.62 Å². The van der Waals surface area contributed by atoms with Gasteiger partial charge in [0.15, 0.2) is 0 Å². The van der Waals surface area contributed by atoms with Crippen LogP contribution in [0.3, 0.4) is 0 Å². The summed E-state index contributed by atoms with van der Waals surface area (Å²) in [4.78, 5) is 6.06. The molecule has 0 saturated heterocycles. The molecule has 0 aliphatic rings. The van der Waals surface area contributed by atoms with Crippen LogP contribution in [0.4, 0.5) is 11.4 Å². The van der Waals surface area contributed by atoms with Crippen molar-refractivity contribution in [1.82, 2.24) is 4.98 Å². The lowest BCUT2D eigenvalue weighted by molar-refractivity contribution is 0.602. The predicted molar refractivity (Wildman–Crippen MR) is 98.3 cm³/mol. The molecule has 5 nitrogen and oxygen atoms in total. The number of halogens is 1. The first-order valence-electron chi connectivity index (χ1n) is 7.22. The lowest BCUT2D eigenvalue weighted by Gasteiger charge is -2.17. The summed E-state index contributed by atoms with van der Waals surface area (Å²) in [6.45, 7) is 0. The zero-order valence-corrected chi connectivity index (χ0v) is 14.8. The Morgan fingerprint density at radius 1 is 1.00 bits per heavy atom. The maximum atomic E-state index is 12.8. The van der Waals surface area contributed by atoms with E-state index in [-0.39, 0.29) is 4.90 Å². The summed E-state index contributed by atoms with van der Waals surface area (Å²) in [5, 5.41) is 1.84. The highest BCUT2D eigenvalue weighted by atomic mass is 35.5. The molecule has 7 heteroatoms. The van der Waals surface area contributed by atoms with Crippen LogP contribution in [-0.4, -0.2) is 27.5 Å². The van der Waals surface area contributed by atoms with Crippen molar-refractivity contribution in [1.29, 1.82) is 0 Å². The summed E-state index contributed by atoms with van der Waals surface area (Å²) >= 11 is 5.73. The van der Waals surface area contributed by atoms with Gasteiger partial charge in [0.05, 0.1) is 16.8 Å². The lowest BCUT2D eigenvalue weighted by atomic mass is 10.1.